The van der Waals surface area contributed by atoms with Gasteiger partial charge in [-0.25, -0.2) is 0 Å². The Labute approximate surface area is 98.5 Å². The van der Waals surface area contributed by atoms with Crippen LogP contribution in [0.2, 0.25) is 0 Å². The summed E-state index contributed by atoms with van der Waals surface area (Å²) in [5.74, 6) is 0.631. The minimum absolute atomic E-state index is 0.247. The predicted octanol–water partition coefficient (Wildman–Crippen LogP) is 0.491. The molecule has 4 N–H and O–H groups in total. The lowest BCUT2D eigenvalue weighted by molar-refractivity contribution is 0.0524. The number of ether oxygens (including phenoxy) is 1. The summed E-state index contributed by atoms with van der Waals surface area (Å²) in [6.07, 6.45) is 4.06. The third kappa shape index (κ3) is 4.37. The van der Waals surface area contributed by atoms with Gasteiger partial charge in [-0.15, -0.1) is 0 Å². The van der Waals surface area contributed by atoms with Crippen LogP contribution in [0.25, 0.3) is 0 Å². The molecule has 4 nitrogen and oxygen atoms in total. The lowest BCUT2D eigenvalue weighted by Crippen LogP contribution is -2.48. The van der Waals surface area contributed by atoms with E-state index in [2.05, 4.69) is 12.2 Å². The summed E-state index contributed by atoms with van der Waals surface area (Å²) in [5, 5.41) is 12.6. The molecule has 1 fully saturated rings. The van der Waals surface area contributed by atoms with Gasteiger partial charge in [0.2, 0.25) is 0 Å². The van der Waals surface area contributed by atoms with Crippen LogP contribution in [0.4, 0.5) is 0 Å². The maximum absolute atomic E-state index is 8.97. The number of hydrogen-bond donors (Lipinski definition) is 3. The molecule has 1 rings (SSSR count). The molecule has 2 atom stereocenters. The third-order valence-corrected chi connectivity index (χ3v) is 3.51. The van der Waals surface area contributed by atoms with Gasteiger partial charge in [0.15, 0.2) is 0 Å². The van der Waals surface area contributed by atoms with E-state index in [1.54, 1.807) is 0 Å². The van der Waals surface area contributed by atoms with Gasteiger partial charge in [-0.3, -0.25) is 0 Å². The van der Waals surface area contributed by atoms with Crippen molar-refractivity contribution in [1.82, 2.24) is 5.32 Å². The summed E-state index contributed by atoms with van der Waals surface area (Å²) in [6, 6.07) is 0.766. The topological polar surface area (TPSA) is 67.5 Å². The van der Waals surface area contributed by atoms with Crippen LogP contribution in [-0.4, -0.2) is 43.6 Å². The normalized spacial score (nSPS) is 21.9. The fourth-order valence-electron chi connectivity index (χ4n) is 2.38. The standard InChI is InChI=1S/C12H26N2O2/c1-2-11(3-6-15)14-12(9-13)10-4-7-16-8-5-10/h10-12,14-15H,2-9,13H2,1H3. The zero-order valence-electron chi connectivity index (χ0n) is 10.3. The summed E-state index contributed by atoms with van der Waals surface area (Å²) in [7, 11) is 0. The minimum atomic E-state index is 0.247. The van der Waals surface area contributed by atoms with Gasteiger partial charge in [0.05, 0.1) is 0 Å². The molecule has 2 unspecified atom stereocenters. The fourth-order valence-corrected chi connectivity index (χ4v) is 2.38. The van der Waals surface area contributed by atoms with Crippen molar-refractivity contribution in [2.24, 2.45) is 11.7 Å². The van der Waals surface area contributed by atoms with Crippen molar-refractivity contribution < 1.29 is 9.84 Å². The van der Waals surface area contributed by atoms with Crippen LogP contribution >= 0.6 is 0 Å². The third-order valence-electron chi connectivity index (χ3n) is 3.51. The van der Waals surface area contributed by atoms with Gasteiger partial charge in [0.1, 0.15) is 0 Å². The molecule has 0 aromatic heterocycles. The SMILES string of the molecule is CCC(CCO)NC(CN)C1CCOCC1. The van der Waals surface area contributed by atoms with Gasteiger partial charge < -0.3 is 20.9 Å². The van der Waals surface area contributed by atoms with Crippen LogP contribution in [0.3, 0.4) is 0 Å². The highest BCUT2D eigenvalue weighted by molar-refractivity contribution is 4.82. The summed E-state index contributed by atoms with van der Waals surface area (Å²) >= 11 is 0. The van der Waals surface area contributed by atoms with E-state index in [0.717, 1.165) is 38.9 Å². The molecule has 1 saturated heterocycles. The molecule has 0 spiro atoms. The summed E-state index contributed by atoms with van der Waals surface area (Å²) < 4.78 is 5.36. The average molecular weight is 230 g/mol. The number of nitrogens with one attached hydrogen (secondary N) is 1. The Balaban J connectivity index is 2.39. The fraction of sp³-hybridized carbons (Fsp3) is 1.00. The van der Waals surface area contributed by atoms with Crippen molar-refractivity contribution in [2.75, 3.05) is 26.4 Å². The second-order valence-electron chi connectivity index (χ2n) is 4.58. The first-order valence-corrected chi connectivity index (χ1v) is 6.46. The van der Waals surface area contributed by atoms with Crippen LogP contribution in [0, 0.1) is 5.92 Å². The summed E-state index contributed by atoms with van der Waals surface area (Å²) in [4.78, 5) is 0. The second-order valence-corrected chi connectivity index (χ2v) is 4.58. The molecule has 0 saturated carbocycles. The Hall–Kier alpha value is -0.160. The minimum Gasteiger partial charge on any atom is -0.396 e. The number of hydrogen-bond acceptors (Lipinski definition) is 4. The highest BCUT2D eigenvalue weighted by Crippen LogP contribution is 2.19. The Morgan fingerprint density at radius 1 is 1.44 bits per heavy atom. The lowest BCUT2D eigenvalue weighted by atomic mass is 9.91. The molecule has 0 radical (unpaired) electrons. The molecule has 1 aliphatic rings. The van der Waals surface area contributed by atoms with E-state index in [-0.39, 0.29) is 6.61 Å². The first-order chi connectivity index (χ1) is 7.81. The van der Waals surface area contributed by atoms with Gasteiger partial charge >= 0.3 is 0 Å². The molecule has 0 aromatic rings. The first kappa shape index (κ1) is 13.9. The van der Waals surface area contributed by atoms with Gasteiger partial charge in [0.25, 0.3) is 0 Å². The van der Waals surface area contributed by atoms with Gasteiger partial charge in [-0.2, -0.15) is 0 Å². The number of rotatable bonds is 7. The predicted molar refractivity (Wildman–Crippen MR) is 65.3 cm³/mol. The smallest absolute Gasteiger partial charge is 0.0469 e. The Morgan fingerprint density at radius 2 is 2.12 bits per heavy atom. The molecule has 0 amide bonds. The number of nitrogens with two attached hydrogens (primary N) is 1. The maximum atomic E-state index is 8.97. The molecular weight excluding hydrogens is 204 g/mol. The summed E-state index contributed by atoms with van der Waals surface area (Å²) in [5.41, 5.74) is 5.84. The van der Waals surface area contributed by atoms with E-state index in [4.69, 9.17) is 15.6 Å². The Bertz CT molecular complexity index is 172. The Morgan fingerprint density at radius 3 is 2.62 bits per heavy atom. The molecule has 0 aliphatic carbocycles. The van der Waals surface area contributed by atoms with E-state index < -0.39 is 0 Å². The zero-order valence-corrected chi connectivity index (χ0v) is 10.3. The van der Waals surface area contributed by atoms with Gasteiger partial charge in [0, 0.05) is 38.4 Å². The largest absolute Gasteiger partial charge is 0.396 e. The average Bonchev–Trinajstić information content (AvgIpc) is 2.35. The van der Waals surface area contributed by atoms with Crippen LogP contribution < -0.4 is 11.1 Å². The first-order valence-electron chi connectivity index (χ1n) is 6.46. The highest BCUT2D eigenvalue weighted by Gasteiger charge is 2.24. The van der Waals surface area contributed by atoms with E-state index in [0.29, 0.717) is 24.5 Å². The number of aliphatic hydroxyl groups is 1. The Kier molecular flexibility index (Phi) is 6.96. The van der Waals surface area contributed by atoms with Crippen LogP contribution in [0.5, 0.6) is 0 Å². The molecule has 1 heterocycles. The molecule has 4 heteroatoms. The molecule has 16 heavy (non-hydrogen) atoms. The maximum Gasteiger partial charge on any atom is 0.0469 e. The second kappa shape index (κ2) is 8.01. The van der Waals surface area contributed by atoms with Crippen molar-refractivity contribution in [2.45, 2.75) is 44.7 Å². The van der Waals surface area contributed by atoms with Crippen molar-refractivity contribution in [3.8, 4) is 0 Å². The monoisotopic (exact) mass is 230 g/mol. The van der Waals surface area contributed by atoms with E-state index in [1.807, 2.05) is 0 Å². The summed E-state index contributed by atoms with van der Waals surface area (Å²) in [6.45, 7) is 4.79. The van der Waals surface area contributed by atoms with Crippen LogP contribution in [-0.2, 0) is 4.74 Å². The van der Waals surface area contributed by atoms with Gasteiger partial charge in [-0.1, -0.05) is 6.92 Å². The highest BCUT2D eigenvalue weighted by atomic mass is 16.5. The molecule has 1 aliphatic heterocycles. The van der Waals surface area contributed by atoms with Gasteiger partial charge in [-0.05, 0) is 31.6 Å². The van der Waals surface area contributed by atoms with Crippen molar-refractivity contribution in [1.29, 1.82) is 0 Å². The number of aliphatic hydroxyl groups excluding tert-OH is 1. The molecule has 96 valence electrons. The van der Waals surface area contributed by atoms with Crippen molar-refractivity contribution in [3.05, 3.63) is 0 Å². The van der Waals surface area contributed by atoms with Crippen LogP contribution in [0.15, 0.2) is 0 Å². The van der Waals surface area contributed by atoms with E-state index >= 15 is 0 Å². The van der Waals surface area contributed by atoms with Crippen LogP contribution in [0.1, 0.15) is 32.6 Å². The van der Waals surface area contributed by atoms with E-state index in [1.165, 1.54) is 0 Å². The molecule has 0 aromatic carbocycles. The quantitative estimate of drug-likeness (QED) is 0.595. The van der Waals surface area contributed by atoms with Crippen molar-refractivity contribution >= 4 is 0 Å². The molecular formula is C12H26N2O2. The molecule has 0 bridgehead atoms. The van der Waals surface area contributed by atoms with E-state index in [9.17, 15) is 0 Å². The lowest BCUT2D eigenvalue weighted by Gasteiger charge is -2.33. The van der Waals surface area contributed by atoms with Crippen molar-refractivity contribution in [3.63, 3.8) is 0 Å². The zero-order chi connectivity index (χ0) is 11.8.